The predicted molar refractivity (Wildman–Crippen MR) is 104 cm³/mol. The van der Waals surface area contributed by atoms with Crippen LogP contribution in [0.15, 0.2) is 30.3 Å². The second-order valence-corrected chi connectivity index (χ2v) is 6.46. The minimum Gasteiger partial charge on any atom is -0.507 e. The summed E-state index contributed by atoms with van der Waals surface area (Å²) >= 11 is 0. The molecule has 0 aliphatic rings. The molecule has 2 aromatic carbocycles. The molecule has 2 N–H and O–H groups in total. The molecule has 0 aliphatic carbocycles. The summed E-state index contributed by atoms with van der Waals surface area (Å²) < 4.78 is 16.4. The molecule has 0 spiro atoms. The Bertz CT molecular complexity index is 730. The maximum Gasteiger partial charge on any atom is 0.160 e. The number of aryl methyl sites for hydroxylation is 1. The zero-order valence-corrected chi connectivity index (χ0v) is 16.3. The summed E-state index contributed by atoms with van der Waals surface area (Å²) in [4.78, 5) is 0. The van der Waals surface area contributed by atoms with E-state index in [9.17, 15) is 5.11 Å². The summed E-state index contributed by atoms with van der Waals surface area (Å²) in [5.74, 6) is 2.51. The first-order valence-corrected chi connectivity index (χ1v) is 8.82. The van der Waals surface area contributed by atoms with Crippen LogP contribution in [0.4, 0.5) is 0 Å². The highest BCUT2D eigenvalue weighted by molar-refractivity contribution is 5.47. The molecule has 0 fully saturated rings. The first-order chi connectivity index (χ1) is 12.5. The van der Waals surface area contributed by atoms with Gasteiger partial charge in [0.2, 0.25) is 0 Å². The molecule has 142 valence electrons. The van der Waals surface area contributed by atoms with E-state index in [-0.39, 0.29) is 6.04 Å². The average Bonchev–Trinajstić information content (AvgIpc) is 2.65. The van der Waals surface area contributed by atoms with Crippen LogP contribution in [0, 0.1) is 13.8 Å². The Morgan fingerprint density at radius 3 is 2.38 bits per heavy atom. The van der Waals surface area contributed by atoms with Gasteiger partial charge in [-0.3, -0.25) is 0 Å². The third-order valence-electron chi connectivity index (χ3n) is 4.43. The van der Waals surface area contributed by atoms with Crippen LogP contribution < -0.4 is 19.5 Å². The zero-order chi connectivity index (χ0) is 19.1. The number of phenols is 1. The molecule has 0 amide bonds. The van der Waals surface area contributed by atoms with Crippen molar-refractivity contribution in [3.05, 3.63) is 47.0 Å². The number of benzene rings is 2. The van der Waals surface area contributed by atoms with E-state index in [2.05, 4.69) is 12.2 Å². The van der Waals surface area contributed by atoms with Crippen molar-refractivity contribution >= 4 is 0 Å². The molecule has 0 saturated heterocycles. The first kappa shape index (κ1) is 19.9. The molecule has 0 bridgehead atoms. The normalized spacial score (nSPS) is 11.9. The lowest BCUT2D eigenvalue weighted by molar-refractivity contribution is 0.271. The van der Waals surface area contributed by atoms with Gasteiger partial charge in [-0.25, -0.2) is 0 Å². The van der Waals surface area contributed by atoms with Crippen molar-refractivity contribution in [2.24, 2.45) is 0 Å². The number of hydrogen-bond donors (Lipinski definition) is 2. The number of phenolic OH excluding ortho intramolecular Hbond substituents is 1. The fourth-order valence-corrected chi connectivity index (χ4v) is 2.75. The Labute approximate surface area is 155 Å². The third-order valence-corrected chi connectivity index (χ3v) is 4.43. The second-order valence-electron chi connectivity index (χ2n) is 6.46. The minimum atomic E-state index is 0.193. The van der Waals surface area contributed by atoms with E-state index in [1.54, 1.807) is 14.2 Å². The van der Waals surface area contributed by atoms with E-state index in [4.69, 9.17) is 14.2 Å². The highest BCUT2D eigenvalue weighted by Crippen LogP contribution is 2.30. The summed E-state index contributed by atoms with van der Waals surface area (Å²) in [6.07, 6.45) is 0.884. The average molecular weight is 359 g/mol. The van der Waals surface area contributed by atoms with Crippen LogP contribution in [0.5, 0.6) is 23.0 Å². The summed E-state index contributed by atoms with van der Waals surface area (Å²) in [7, 11) is 3.28. The SMILES string of the molecule is COc1ccc(CCNC(C)COc2ccc(C)c(O)c2C)cc1OC. The van der Waals surface area contributed by atoms with Crippen molar-refractivity contribution < 1.29 is 19.3 Å². The highest BCUT2D eigenvalue weighted by atomic mass is 16.5. The van der Waals surface area contributed by atoms with Crippen molar-refractivity contribution in [3.8, 4) is 23.0 Å². The predicted octanol–water partition coefficient (Wildman–Crippen LogP) is 3.63. The van der Waals surface area contributed by atoms with Gasteiger partial charge < -0.3 is 24.6 Å². The van der Waals surface area contributed by atoms with Gasteiger partial charge in [-0.1, -0.05) is 12.1 Å². The molecular formula is C21H29NO4. The van der Waals surface area contributed by atoms with Crippen LogP contribution in [-0.4, -0.2) is 38.5 Å². The summed E-state index contributed by atoms with van der Waals surface area (Å²) in [6, 6.07) is 9.93. The minimum absolute atomic E-state index is 0.193. The van der Waals surface area contributed by atoms with Crippen molar-refractivity contribution in [1.29, 1.82) is 0 Å². The van der Waals surface area contributed by atoms with Gasteiger partial charge in [-0.15, -0.1) is 0 Å². The van der Waals surface area contributed by atoms with E-state index >= 15 is 0 Å². The Balaban J connectivity index is 1.80. The van der Waals surface area contributed by atoms with Gasteiger partial charge in [0.25, 0.3) is 0 Å². The van der Waals surface area contributed by atoms with Gasteiger partial charge in [0, 0.05) is 11.6 Å². The molecule has 0 saturated carbocycles. The summed E-state index contributed by atoms with van der Waals surface area (Å²) in [5, 5.41) is 13.4. The number of nitrogens with one attached hydrogen (secondary N) is 1. The molecule has 5 nitrogen and oxygen atoms in total. The fourth-order valence-electron chi connectivity index (χ4n) is 2.75. The topological polar surface area (TPSA) is 60.0 Å². The molecule has 1 atom stereocenters. The molecule has 2 aromatic rings. The van der Waals surface area contributed by atoms with E-state index in [1.165, 1.54) is 5.56 Å². The Morgan fingerprint density at radius 2 is 1.69 bits per heavy atom. The van der Waals surface area contributed by atoms with Gasteiger partial charge in [-0.2, -0.15) is 0 Å². The number of ether oxygens (including phenoxy) is 3. The maximum absolute atomic E-state index is 9.99. The Morgan fingerprint density at radius 1 is 1.00 bits per heavy atom. The lowest BCUT2D eigenvalue weighted by Gasteiger charge is -2.17. The molecule has 0 aromatic heterocycles. The van der Waals surface area contributed by atoms with E-state index in [0.29, 0.717) is 12.4 Å². The van der Waals surface area contributed by atoms with Crippen LogP contribution in [-0.2, 0) is 6.42 Å². The lowest BCUT2D eigenvalue weighted by atomic mass is 10.1. The van der Waals surface area contributed by atoms with Crippen molar-refractivity contribution in [2.75, 3.05) is 27.4 Å². The molecule has 2 rings (SSSR count). The number of hydrogen-bond acceptors (Lipinski definition) is 5. The van der Waals surface area contributed by atoms with Crippen LogP contribution >= 0.6 is 0 Å². The van der Waals surface area contributed by atoms with Gasteiger partial charge in [-0.05, 0) is 63.1 Å². The third kappa shape index (κ3) is 5.05. The van der Waals surface area contributed by atoms with Crippen LogP contribution in [0.25, 0.3) is 0 Å². The Kier molecular flexibility index (Phi) is 7.16. The van der Waals surface area contributed by atoms with Gasteiger partial charge in [0.15, 0.2) is 11.5 Å². The molecule has 5 heteroatoms. The van der Waals surface area contributed by atoms with Gasteiger partial charge >= 0.3 is 0 Å². The molecule has 0 radical (unpaired) electrons. The smallest absolute Gasteiger partial charge is 0.160 e. The van der Waals surface area contributed by atoms with Crippen LogP contribution in [0.3, 0.4) is 0 Å². The van der Waals surface area contributed by atoms with Crippen LogP contribution in [0.2, 0.25) is 0 Å². The van der Waals surface area contributed by atoms with Crippen molar-refractivity contribution in [2.45, 2.75) is 33.2 Å². The number of rotatable bonds is 9. The molecular weight excluding hydrogens is 330 g/mol. The molecule has 0 heterocycles. The van der Waals surface area contributed by atoms with Gasteiger partial charge in [0.05, 0.1) is 14.2 Å². The molecule has 1 unspecified atom stereocenters. The first-order valence-electron chi connectivity index (χ1n) is 8.82. The molecule has 0 aliphatic heterocycles. The summed E-state index contributed by atoms with van der Waals surface area (Å²) in [6.45, 7) is 7.20. The largest absolute Gasteiger partial charge is 0.507 e. The van der Waals surface area contributed by atoms with E-state index < -0.39 is 0 Å². The lowest BCUT2D eigenvalue weighted by Crippen LogP contribution is -2.33. The maximum atomic E-state index is 9.99. The molecule has 26 heavy (non-hydrogen) atoms. The standard InChI is InChI=1S/C21H29NO4/c1-14-6-8-18(16(3)21(14)23)26-13-15(2)22-11-10-17-7-9-19(24-4)20(12-17)25-5/h6-9,12,15,22-23H,10-11,13H2,1-5H3. The van der Waals surface area contributed by atoms with Crippen molar-refractivity contribution in [1.82, 2.24) is 5.32 Å². The zero-order valence-electron chi connectivity index (χ0n) is 16.3. The van der Waals surface area contributed by atoms with E-state index in [1.807, 2.05) is 44.2 Å². The highest BCUT2D eigenvalue weighted by Gasteiger charge is 2.09. The van der Waals surface area contributed by atoms with E-state index in [0.717, 1.165) is 41.3 Å². The van der Waals surface area contributed by atoms with Crippen molar-refractivity contribution in [3.63, 3.8) is 0 Å². The number of aromatic hydroxyl groups is 1. The number of methoxy groups -OCH3 is 2. The summed E-state index contributed by atoms with van der Waals surface area (Å²) in [5.41, 5.74) is 2.82. The monoisotopic (exact) mass is 359 g/mol. The van der Waals surface area contributed by atoms with Crippen LogP contribution in [0.1, 0.15) is 23.6 Å². The fraction of sp³-hybridized carbons (Fsp3) is 0.429. The second kappa shape index (κ2) is 9.34. The quantitative estimate of drug-likeness (QED) is 0.716. The Hall–Kier alpha value is -2.40. The van der Waals surface area contributed by atoms with Gasteiger partial charge in [0.1, 0.15) is 18.1 Å².